The second kappa shape index (κ2) is 13.5. The molecule has 4 atom stereocenters. The van der Waals surface area contributed by atoms with Gasteiger partial charge in [0.05, 0.1) is 0 Å². The molecule has 0 aromatic heterocycles. The minimum Gasteiger partial charge on any atom is -0.115 e. The van der Waals surface area contributed by atoms with Gasteiger partial charge in [0.2, 0.25) is 0 Å². The summed E-state index contributed by atoms with van der Waals surface area (Å²) in [6.45, 7) is 0. The van der Waals surface area contributed by atoms with Crippen LogP contribution in [0.25, 0.3) is 0 Å². The minimum absolute atomic E-state index is 0.0405. The van der Waals surface area contributed by atoms with Gasteiger partial charge in [-0.25, -0.2) is 0 Å². The number of hydrogen-bond donors (Lipinski definition) is 0. The number of rotatable bonds is 7. The summed E-state index contributed by atoms with van der Waals surface area (Å²) >= 11 is 0. The summed E-state index contributed by atoms with van der Waals surface area (Å²) in [5, 5.41) is 0. The zero-order chi connectivity index (χ0) is 43.5. The lowest BCUT2D eigenvalue weighted by atomic mass is 9.23. The predicted molar refractivity (Wildman–Crippen MR) is 261 cm³/mol. The summed E-state index contributed by atoms with van der Waals surface area (Å²) in [6.07, 6.45) is 38.8. The molecule has 0 aliphatic heterocycles. The quantitative estimate of drug-likeness (QED) is 0.141. The topological polar surface area (TPSA) is 0 Å². The van der Waals surface area contributed by atoms with E-state index < -0.39 is 0 Å². The Morgan fingerprint density at radius 2 is 0.453 bits per heavy atom. The first-order valence-electron chi connectivity index (χ1n) is 23.5. The summed E-state index contributed by atoms with van der Waals surface area (Å²) in [5.41, 5.74) is 11.5. The lowest BCUT2D eigenvalue weighted by molar-refractivity contribution is -0.237. The van der Waals surface area contributed by atoms with Crippen LogP contribution in [-0.4, -0.2) is 0 Å². The maximum Gasteiger partial charge on any atom is 0.0257 e. The van der Waals surface area contributed by atoms with E-state index >= 15 is 0 Å². The van der Waals surface area contributed by atoms with Crippen LogP contribution in [0.1, 0.15) is 133 Å². The third-order valence-corrected chi connectivity index (χ3v) is 18.5. The number of hydrogen-bond acceptors (Lipinski definition) is 0. The Kier molecular flexibility index (Phi) is 8.29. The summed E-state index contributed by atoms with van der Waals surface area (Å²) in [6, 6.07) is 60.2. The van der Waals surface area contributed by atoms with Crippen LogP contribution in [0.3, 0.4) is 0 Å². The van der Waals surface area contributed by atoms with Crippen LogP contribution < -0.4 is 0 Å². The van der Waals surface area contributed by atoms with Crippen molar-refractivity contribution in [1.82, 2.24) is 0 Å². The molecule has 6 aromatic rings. The smallest absolute Gasteiger partial charge is 0.0257 e. The van der Waals surface area contributed by atoms with Gasteiger partial charge < -0.3 is 0 Å². The largest absolute Gasteiger partial charge is 0.115 e. The van der Waals surface area contributed by atoms with Gasteiger partial charge in [-0.3, -0.25) is 0 Å². The van der Waals surface area contributed by atoms with E-state index in [4.69, 9.17) is 25.7 Å². The van der Waals surface area contributed by atoms with E-state index in [1.807, 2.05) is 12.1 Å². The molecule has 0 saturated heterocycles. The van der Waals surface area contributed by atoms with E-state index in [0.29, 0.717) is 0 Å². The third kappa shape index (κ3) is 5.43. The van der Waals surface area contributed by atoms with Crippen LogP contribution >= 0.6 is 0 Å². The highest BCUT2D eigenvalue weighted by atomic mass is 14.8. The maximum atomic E-state index is 6.30. The first-order valence-corrected chi connectivity index (χ1v) is 23.5. The molecule has 0 N–H and O–H groups in total. The fraction of sp³-hybridized carbons (Fsp3) is 0.312. The molecule has 0 heteroatoms. The molecule has 0 amide bonds. The van der Waals surface area contributed by atoms with E-state index in [1.165, 1.54) is 59.1 Å². The van der Waals surface area contributed by atoms with Crippen LogP contribution in [0, 0.1) is 60.2 Å². The standard InChI is InChI=1S/C64H54/c1-5-47-29-48(6-2)32-55(31-47)61-37-57(51-21-13-9-14-22-51)35-58(38-61,52-23-15-10-16-24-52)42-63(41-57,45-61)64-43-59(53-25-17-11-18-26-53)36-60(44-64,54-27-19-12-20-28-54)40-62(39-59,46-64)56-33-49(7-3)30-50(8-4)34-56/h1-4,9-34H,35-46H2. The zero-order valence-electron chi connectivity index (χ0n) is 36.8. The Labute approximate surface area is 381 Å². The number of benzene rings is 6. The first-order chi connectivity index (χ1) is 31.1. The lowest BCUT2D eigenvalue weighted by Gasteiger charge is -2.81. The summed E-state index contributed by atoms with van der Waals surface area (Å²) in [7, 11) is 0. The van der Waals surface area contributed by atoms with Crippen molar-refractivity contribution in [2.24, 2.45) is 10.8 Å². The molecule has 0 spiro atoms. The van der Waals surface area contributed by atoms with E-state index in [2.05, 4.69) is 169 Å². The van der Waals surface area contributed by atoms with Gasteiger partial charge in [-0.05, 0) is 190 Å². The molecule has 64 heavy (non-hydrogen) atoms. The molecule has 0 heterocycles. The van der Waals surface area contributed by atoms with Crippen LogP contribution in [0.4, 0.5) is 0 Å². The second-order valence-corrected chi connectivity index (χ2v) is 22.0. The summed E-state index contributed by atoms with van der Waals surface area (Å²) < 4.78 is 0. The minimum atomic E-state index is -0.158. The Morgan fingerprint density at radius 1 is 0.250 bits per heavy atom. The van der Waals surface area contributed by atoms with Gasteiger partial charge in [0.15, 0.2) is 0 Å². The maximum absolute atomic E-state index is 6.30. The van der Waals surface area contributed by atoms with Crippen molar-refractivity contribution >= 4 is 0 Å². The molecule has 8 aliphatic rings. The SMILES string of the molecule is C#Cc1cc(C#C)cc(C23CC4(c5ccccc5)CC(c5ccccc5)(C2)CC(C25CC6(c7ccccc7)CC(c7ccccc7)(CC(c7cc(C#C)cc(C#C)c7)(C6)C2)C5)(C4)C3)c1. The highest BCUT2D eigenvalue weighted by Crippen LogP contribution is 2.85. The van der Waals surface area contributed by atoms with Gasteiger partial charge in [-0.2, -0.15) is 0 Å². The Bertz CT molecular complexity index is 2630. The van der Waals surface area contributed by atoms with Crippen molar-refractivity contribution < 1.29 is 0 Å². The van der Waals surface area contributed by atoms with Crippen molar-refractivity contribution in [2.45, 2.75) is 110 Å². The van der Waals surface area contributed by atoms with E-state index in [1.54, 1.807) is 0 Å². The Hall–Kier alpha value is -6.44. The van der Waals surface area contributed by atoms with Gasteiger partial charge in [0.25, 0.3) is 0 Å². The normalized spacial score (nSPS) is 34.9. The van der Waals surface area contributed by atoms with Gasteiger partial charge >= 0.3 is 0 Å². The summed E-state index contributed by atoms with van der Waals surface area (Å²) in [5.74, 6) is 12.2. The molecule has 8 bridgehead atoms. The highest BCUT2D eigenvalue weighted by Gasteiger charge is 2.79. The molecule has 8 aliphatic carbocycles. The Balaban J connectivity index is 1.19. The average Bonchev–Trinajstić information content (AvgIpc) is 3.34. The molecule has 310 valence electrons. The van der Waals surface area contributed by atoms with Crippen molar-refractivity contribution in [3.05, 3.63) is 213 Å². The van der Waals surface area contributed by atoms with Crippen LogP contribution in [0.15, 0.2) is 158 Å². The zero-order valence-corrected chi connectivity index (χ0v) is 36.8. The molecular weight excluding hydrogens is 769 g/mol. The molecule has 6 aromatic carbocycles. The molecule has 14 rings (SSSR count). The van der Waals surface area contributed by atoms with Gasteiger partial charge in [-0.1, -0.05) is 145 Å². The van der Waals surface area contributed by atoms with Crippen molar-refractivity contribution in [1.29, 1.82) is 0 Å². The summed E-state index contributed by atoms with van der Waals surface area (Å²) in [4.78, 5) is 0. The van der Waals surface area contributed by atoms with Gasteiger partial charge in [0, 0.05) is 22.3 Å². The molecule has 0 nitrogen and oxygen atoms in total. The molecule has 8 fully saturated rings. The Morgan fingerprint density at radius 3 is 0.656 bits per heavy atom. The van der Waals surface area contributed by atoms with Gasteiger partial charge in [0.1, 0.15) is 0 Å². The van der Waals surface area contributed by atoms with Crippen molar-refractivity contribution in [3.8, 4) is 49.4 Å². The lowest BCUT2D eigenvalue weighted by Crippen LogP contribution is -2.75. The third-order valence-electron chi connectivity index (χ3n) is 18.5. The molecule has 8 saturated carbocycles. The van der Waals surface area contributed by atoms with E-state index in [-0.39, 0.29) is 43.3 Å². The van der Waals surface area contributed by atoms with Gasteiger partial charge in [-0.15, -0.1) is 25.7 Å². The fourth-order valence-electron chi connectivity index (χ4n) is 17.6. The van der Waals surface area contributed by atoms with E-state index in [0.717, 1.165) is 73.6 Å². The first kappa shape index (κ1) is 39.2. The van der Waals surface area contributed by atoms with Crippen LogP contribution in [0.5, 0.6) is 0 Å². The van der Waals surface area contributed by atoms with Crippen molar-refractivity contribution in [3.63, 3.8) is 0 Å². The highest BCUT2D eigenvalue weighted by molar-refractivity contribution is 5.55. The molecular formula is C64H54. The second-order valence-electron chi connectivity index (χ2n) is 22.0. The van der Waals surface area contributed by atoms with Crippen LogP contribution in [0.2, 0.25) is 0 Å². The molecule has 4 unspecified atom stereocenters. The van der Waals surface area contributed by atoms with E-state index in [9.17, 15) is 0 Å². The molecule has 0 radical (unpaired) electrons. The monoisotopic (exact) mass is 822 g/mol. The van der Waals surface area contributed by atoms with Crippen LogP contribution in [-0.2, 0) is 32.5 Å². The number of terminal acetylenes is 4. The fourth-order valence-corrected chi connectivity index (χ4v) is 17.6. The average molecular weight is 823 g/mol. The predicted octanol–water partition coefficient (Wildman–Crippen LogP) is 13.3. The van der Waals surface area contributed by atoms with Crippen molar-refractivity contribution in [2.75, 3.05) is 0 Å².